The van der Waals surface area contributed by atoms with E-state index < -0.39 is 5.41 Å². The third-order valence-corrected chi connectivity index (χ3v) is 11.6. The summed E-state index contributed by atoms with van der Waals surface area (Å²) in [6, 6.07) is 74.4. The minimum atomic E-state index is -0.446. The molecule has 0 spiro atoms. The van der Waals surface area contributed by atoms with Gasteiger partial charge in [-0.25, -0.2) is 0 Å². The molecule has 1 aliphatic rings. The van der Waals surface area contributed by atoms with Gasteiger partial charge in [0.05, 0.1) is 5.41 Å². The lowest BCUT2D eigenvalue weighted by Gasteiger charge is -2.34. The molecule has 2 heteroatoms. The van der Waals surface area contributed by atoms with Crippen LogP contribution in [0, 0.1) is 0 Å². The maximum absolute atomic E-state index is 6.66. The molecule has 2 nitrogen and oxygen atoms in total. The summed E-state index contributed by atoms with van der Waals surface area (Å²) in [4.78, 5) is 0. The van der Waals surface area contributed by atoms with Gasteiger partial charge in [0.2, 0.25) is 0 Å². The van der Waals surface area contributed by atoms with Crippen molar-refractivity contribution in [3.05, 3.63) is 229 Å². The number of para-hydroxylation sites is 2. The second kappa shape index (κ2) is 12.5. The largest absolute Gasteiger partial charge is 0.455 e. The molecule has 0 aliphatic heterocycles. The summed E-state index contributed by atoms with van der Waals surface area (Å²) >= 11 is 0. The number of benzene rings is 9. The van der Waals surface area contributed by atoms with Gasteiger partial charge in [-0.3, -0.25) is 0 Å². The first kappa shape index (κ1) is 31.4. The molecule has 0 amide bonds. The van der Waals surface area contributed by atoms with Gasteiger partial charge in [-0.2, -0.15) is 0 Å². The number of hydrogen-bond donors (Lipinski definition) is 1. The van der Waals surface area contributed by atoms with Crippen LogP contribution in [0.2, 0.25) is 0 Å². The molecular weight excluding hydrogens is 667 g/mol. The highest BCUT2D eigenvalue weighted by Gasteiger charge is 2.46. The van der Waals surface area contributed by atoms with Gasteiger partial charge >= 0.3 is 0 Å². The van der Waals surface area contributed by atoms with Crippen molar-refractivity contribution in [2.24, 2.45) is 0 Å². The van der Waals surface area contributed by atoms with Crippen LogP contribution in [-0.2, 0) is 5.41 Å². The van der Waals surface area contributed by atoms with E-state index in [0.717, 1.165) is 55.4 Å². The second-order valence-electron chi connectivity index (χ2n) is 14.5. The average molecular weight is 702 g/mol. The molecule has 0 atom stereocenters. The Morgan fingerprint density at radius 3 is 1.75 bits per heavy atom. The standard InChI is InChI=1S/C53H35NO/c1-3-16-37(17-4-1)53(38-18-5-2-6-19-38)47-26-11-9-22-46(47)50-43(24-14-27-48(50)53)42-21-10-12-28-49(42)54-39-32-29-36(30-33-39)41-23-13-25-44-45-34-31-35-15-7-8-20-40(35)52(45)55-51(41)44/h1-34,54H. The number of furan rings is 1. The monoisotopic (exact) mass is 701 g/mol. The molecule has 0 saturated heterocycles. The van der Waals surface area contributed by atoms with Gasteiger partial charge in [0.25, 0.3) is 0 Å². The van der Waals surface area contributed by atoms with Crippen molar-refractivity contribution in [1.82, 2.24) is 0 Å². The molecule has 0 saturated carbocycles. The van der Waals surface area contributed by atoms with Crippen molar-refractivity contribution in [1.29, 1.82) is 0 Å². The Bertz CT molecular complexity index is 3010. The summed E-state index contributed by atoms with van der Waals surface area (Å²) in [6.07, 6.45) is 0. The van der Waals surface area contributed by atoms with E-state index in [-0.39, 0.29) is 0 Å². The van der Waals surface area contributed by atoms with Gasteiger partial charge < -0.3 is 9.73 Å². The Balaban J connectivity index is 1.01. The van der Waals surface area contributed by atoms with Crippen LogP contribution in [0.3, 0.4) is 0 Å². The predicted octanol–water partition coefficient (Wildman–Crippen LogP) is 14.2. The fraction of sp³-hybridized carbons (Fsp3) is 0.0189. The first-order chi connectivity index (χ1) is 27.3. The van der Waals surface area contributed by atoms with E-state index >= 15 is 0 Å². The molecule has 1 aromatic heterocycles. The summed E-state index contributed by atoms with van der Waals surface area (Å²) < 4.78 is 6.66. The lowest BCUT2D eigenvalue weighted by atomic mass is 9.67. The van der Waals surface area contributed by atoms with Crippen LogP contribution in [-0.4, -0.2) is 0 Å². The van der Waals surface area contributed by atoms with Crippen molar-refractivity contribution in [3.63, 3.8) is 0 Å². The molecule has 0 fully saturated rings. The van der Waals surface area contributed by atoms with E-state index in [1.54, 1.807) is 0 Å². The fourth-order valence-corrected chi connectivity index (χ4v) is 9.19. The first-order valence-corrected chi connectivity index (χ1v) is 18.9. The van der Waals surface area contributed by atoms with Crippen molar-refractivity contribution in [2.75, 3.05) is 5.32 Å². The van der Waals surface area contributed by atoms with E-state index in [2.05, 4.69) is 212 Å². The lowest BCUT2D eigenvalue weighted by molar-refractivity contribution is 0.674. The van der Waals surface area contributed by atoms with Gasteiger partial charge in [-0.15, -0.1) is 0 Å². The minimum Gasteiger partial charge on any atom is -0.455 e. The van der Waals surface area contributed by atoms with Crippen molar-refractivity contribution in [3.8, 4) is 33.4 Å². The Morgan fingerprint density at radius 2 is 0.945 bits per heavy atom. The summed E-state index contributed by atoms with van der Waals surface area (Å²) in [6.45, 7) is 0. The molecule has 11 rings (SSSR count). The Morgan fingerprint density at radius 1 is 0.364 bits per heavy atom. The van der Waals surface area contributed by atoms with Crippen molar-refractivity contribution in [2.45, 2.75) is 5.41 Å². The average Bonchev–Trinajstić information content (AvgIpc) is 3.80. The third kappa shape index (κ3) is 4.75. The molecule has 1 aliphatic carbocycles. The van der Waals surface area contributed by atoms with E-state index in [4.69, 9.17) is 4.42 Å². The van der Waals surface area contributed by atoms with Crippen molar-refractivity contribution >= 4 is 44.1 Å². The zero-order valence-corrected chi connectivity index (χ0v) is 30.0. The van der Waals surface area contributed by atoms with Crippen LogP contribution in [0.5, 0.6) is 0 Å². The van der Waals surface area contributed by atoms with Crippen LogP contribution < -0.4 is 5.32 Å². The highest BCUT2D eigenvalue weighted by molar-refractivity contribution is 6.17. The molecule has 55 heavy (non-hydrogen) atoms. The summed E-state index contributed by atoms with van der Waals surface area (Å²) in [5.74, 6) is 0. The zero-order valence-electron chi connectivity index (χ0n) is 30.0. The lowest BCUT2D eigenvalue weighted by Crippen LogP contribution is -2.28. The summed E-state index contributed by atoms with van der Waals surface area (Å²) in [7, 11) is 0. The molecule has 258 valence electrons. The number of rotatable bonds is 6. The zero-order chi connectivity index (χ0) is 36.3. The molecule has 1 N–H and O–H groups in total. The van der Waals surface area contributed by atoms with Crippen LogP contribution >= 0.6 is 0 Å². The highest BCUT2D eigenvalue weighted by Crippen LogP contribution is 2.58. The normalized spacial score (nSPS) is 12.9. The maximum atomic E-state index is 6.66. The molecule has 0 radical (unpaired) electrons. The molecule has 0 unspecified atom stereocenters. The van der Waals surface area contributed by atoms with E-state index in [1.165, 1.54) is 44.3 Å². The Kier molecular flexibility index (Phi) is 7.11. The van der Waals surface area contributed by atoms with E-state index in [9.17, 15) is 0 Å². The smallest absolute Gasteiger partial charge is 0.143 e. The molecule has 0 bridgehead atoms. The summed E-state index contributed by atoms with van der Waals surface area (Å²) in [5.41, 5.74) is 15.8. The number of anilines is 2. The van der Waals surface area contributed by atoms with Crippen molar-refractivity contribution < 1.29 is 4.42 Å². The SMILES string of the molecule is c1ccc(C2(c3ccccc3)c3ccccc3-c3c(-c4ccccc4Nc4ccc(-c5cccc6c5oc5c7ccccc7ccc65)cc4)cccc32)cc1. The molecule has 10 aromatic rings. The number of fused-ring (bicyclic) bond motifs is 8. The van der Waals surface area contributed by atoms with Crippen LogP contribution in [0.25, 0.3) is 66.1 Å². The van der Waals surface area contributed by atoms with Gasteiger partial charge in [0.1, 0.15) is 11.2 Å². The first-order valence-electron chi connectivity index (χ1n) is 18.9. The van der Waals surface area contributed by atoms with E-state index in [1.807, 2.05) is 0 Å². The fourth-order valence-electron chi connectivity index (χ4n) is 9.19. The van der Waals surface area contributed by atoms with E-state index in [0.29, 0.717) is 0 Å². The minimum absolute atomic E-state index is 0.446. The maximum Gasteiger partial charge on any atom is 0.143 e. The second-order valence-corrected chi connectivity index (χ2v) is 14.5. The van der Waals surface area contributed by atoms with Crippen LogP contribution in [0.15, 0.2) is 211 Å². The summed E-state index contributed by atoms with van der Waals surface area (Å²) in [5, 5.41) is 8.40. The van der Waals surface area contributed by atoms with Gasteiger partial charge in [0.15, 0.2) is 0 Å². The van der Waals surface area contributed by atoms with Gasteiger partial charge in [0, 0.05) is 38.7 Å². The third-order valence-electron chi connectivity index (χ3n) is 11.6. The quantitative estimate of drug-likeness (QED) is 0.187. The van der Waals surface area contributed by atoms with Gasteiger partial charge in [-0.05, 0) is 74.2 Å². The Hall–Kier alpha value is -7.16. The Labute approximate surface area is 320 Å². The topological polar surface area (TPSA) is 25.2 Å². The van der Waals surface area contributed by atoms with Crippen LogP contribution in [0.1, 0.15) is 22.3 Å². The van der Waals surface area contributed by atoms with Crippen LogP contribution in [0.4, 0.5) is 11.4 Å². The predicted molar refractivity (Wildman–Crippen MR) is 229 cm³/mol. The highest BCUT2D eigenvalue weighted by atomic mass is 16.3. The van der Waals surface area contributed by atoms with Gasteiger partial charge in [-0.1, -0.05) is 182 Å². The number of nitrogens with one attached hydrogen (secondary N) is 1. The molecule has 9 aromatic carbocycles. The number of hydrogen-bond acceptors (Lipinski definition) is 2. The molecule has 1 heterocycles. The molecular formula is C53H35NO.